The highest BCUT2D eigenvalue weighted by Gasteiger charge is 2.13. The van der Waals surface area contributed by atoms with E-state index in [4.69, 9.17) is 10.5 Å². The molecular weight excluding hydrogens is 264 g/mol. The first kappa shape index (κ1) is 14.9. The van der Waals surface area contributed by atoms with Gasteiger partial charge in [0, 0.05) is 11.4 Å². The summed E-state index contributed by atoms with van der Waals surface area (Å²) in [6, 6.07) is 13.3. The lowest BCUT2D eigenvalue weighted by Gasteiger charge is -2.12. The maximum atomic E-state index is 12.0. The van der Waals surface area contributed by atoms with Gasteiger partial charge in [0.15, 0.2) is 0 Å². The van der Waals surface area contributed by atoms with Gasteiger partial charge in [-0.15, -0.1) is 0 Å². The topological polar surface area (TPSA) is 64.3 Å². The molecule has 0 aliphatic heterocycles. The summed E-state index contributed by atoms with van der Waals surface area (Å²) in [5.41, 5.74) is 9.60. The van der Waals surface area contributed by atoms with E-state index in [0.717, 1.165) is 12.1 Å². The van der Waals surface area contributed by atoms with Gasteiger partial charge >= 0.3 is 5.97 Å². The summed E-state index contributed by atoms with van der Waals surface area (Å²) in [6.07, 6.45) is 0.996. The first-order chi connectivity index (χ1) is 10.1. The molecule has 0 fully saturated rings. The number of nitrogen functional groups attached to an aromatic ring is 1. The number of aryl methyl sites for hydroxylation is 1. The molecule has 0 aliphatic carbocycles. The van der Waals surface area contributed by atoms with Crippen molar-refractivity contribution in [3.63, 3.8) is 0 Å². The molecule has 0 unspecified atom stereocenters. The lowest BCUT2D eigenvalue weighted by Crippen LogP contribution is -2.08. The Labute approximate surface area is 124 Å². The third-order valence-electron chi connectivity index (χ3n) is 3.18. The number of esters is 1. The van der Waals surface area contributed by atoms with E-state index in [0.29, 0.717) is 23.5 Å². The van der Waals surface area contributed by atoms with Crippen LogP contribution in [0, 0.1) is 0 Å². The Balaban J connectivity index is 2.27. The third kappa shape index (κ3) is 3.75. The highest BCUT2D eigenvalue weighted by Crippen LogP contribution is 2.24. The van der Waals surface area contributed by atoms with E-state index in [9.17, 15) is 4.79 Å². The maximum absolute atomic E-state index is 12.0. The van der Waals surface area contributed by atoms with E-state index in [2.05, 4.69) is 24.4 Å². The molecule has 0 aliphatic rings. The zero-order valence-electron chi connectivity index (χ0n) is 12.3. The maximum Gasteiger partial charge on any atom is 0.340 e. The van der Waals surface area contributed by atoms with Crippen LogP contribution in [0.3, 0.4) is 0 Å². The van der Waals surface area contributed by atoms with E-state index >= 15 is 0 Å². The Bertz CT molecular complexity index is 621. The number of ether oxygens (including phenoxy) is 1. The van der Waals surface area contributed by atoms with E-state index in [1.54, 1.807) is 25.1 Å². The van der Waals surface area contributed by atoms with Crippen LogP contribution in [-0.2, 0) is 11.2 Å². The first-order valence-corrected chi connectivity index (χ1v) is 7.06. The van der Waals surface area contributed by atoms with Crippen LogP contribution in [0.5, 0.6) is 0 Å². The normalized spacial score (nSPS) is 10.2. The highest BCUT2D eigenvalue weighted by atomic mass is 16.5. The lowest BCUT2D eigenvalue weighted by molar-refractivity contribution is 0.0527. The number of nitrogens with one attached hydrogen (secondary N) is 1. The van der Waals surface area contributed by atoms with Crippen molar-refractivity contribution in [3.8, 4) is 0 Å². The molecule has 110 valence electrons. The number of rotatable bonds is 5. The number of carbonyl (C=O) groups is 1. The molecule has 0 atom stereocenters. The zero-order chi connectivity index (χ0) is 15.2. The smallest absolute Gasteiger partial charge is 0.340 e. The largest absolute Gasteiger partial charge is 0.462 e. The molecule has 0 amide bonds. The fourth-order valence-electron chi connectivity index (χ4n) is 2.03. The Hall–Kier alpha value is -2.49. The van der Waals surface area contributed by atoms with Crippen molar-refractivity contribution >= 4 is 23.0 Å². The van der Waals surface area contributed by atoms with Crippen LogP contribution in [-0.4, -0.2) is 12.6 Å². The fraction of sp³-hybridized carbons (Fsp3) is 0.235. The molecule has 4 nitrogen and oxygen atoms in total. The van der Waals surface area contributed by atoms with Gasteiger partial charge in [0.05, 0.1) is 17.9 Å². The average molecular weight is 284 g/mol. The fourth-order valence-corrected chi connectivity index (χ4v) is 2.03. The minimum Gasteiger partial charge on any atom is -0.462 e. The molecule has 4 heteroatoms. The van der Waals surface area contributed by atoms with Crippen LogP contribution in [0.25, 0.3) is 0 Å². The summed E-state index contributed by atoms with van der Waals surface area (Å²) in [6.45, 7) is 4.22. The van der Waals surface area contributed by atoms with E-state index in [1.165, 1.54) is 5.56 Å². The van der Waals surface area contributed by atoms with Crippen molar-refractivity contribution in [3.05, 3.63) is 53.6 Å². The van der Waals surface area contributed by atoms with Crippen molar-refractivity contribution in [1.29, 1.82) is 0 Å². The molecule has 0 bridgehead atoms. The molecular formula is C17H20N2O2. The van der Waals surface area contributed by atoms with Crippen molar-refractivity contribution in [2.45, 2.75) is 20.3 Å². The molecule has 2 rings (SSSR count). The van der Waals surface area contributed by atoms with Crippen LogP contribution < -0.4 is 11.1 Å². The molecule has 0 spiro atoms. The minimum atomic E-state index is -0.377. The van der Waals surface area contributed by atoms with Gasteiger partial charge in [-0.1, -0.05) is 19.1 Å². The lowest BCUT2D eigenvalue weighted by atomic mass is 10.1. The van der Waals surface area contributed by atoms with Crippen LogP contribution in [0.15, 0.2) is 42.5 Å². The van der Waals surface area contributed by atoms with E-state index in [1.807, 2.05) is 12.1 Å². The van der Waals surface area contributed by atoms with Gasteiger partial charge in [-0.25, -0.2) is 4.79 Å². The van der Waals surface area contributed by atoms with Gasteiger partial charge in [0.1, 0.15) is 0 Å². The van der Waals surface area contributed by atoms with E-state index < -0.39 is 0 Å². The van der Waals surface area contributed by atoms with Gasteiger partial charge in [0.2, 0.25) is 0 Å². The number of benzene rings is 2. The molecule has 0 heterocycles. The number of hydrogen-bond acceptors (Lipinski definition) is 4. The SMILES string of the molecule is CCOC(=O)c1cc(N)ccc1Nc1ccc(CC)cc1. The molecule has 3 N–H and O–H groups in total. The number of anilines is 3. The van der Waals surface area contributed by atoms with Crippen LogP contribution >= 0.6 is 0 Å². The van der Waals surface area contributed by atoms with Crippen LogP contribution in [0.4, 0.5) is 17.1 Å². The first-order valence-electron chi connectivity index (χ1n) is 7.06. The van der Waals surface area contributed by atoms with Crippen molar-refractivity contribution in [2.24, 2.45) is 0 Å². The quantitative estimate of drug-likeness (QED) is 0.648. The summed E-state index contributed by atoms with van der Waals surface area (Å²) in [5.74, 6) is -0.377. The Morgan fingerprint density at radius 3 is 2.48 bits per heavy atom. The Morgan fingerprint density at radius 2 is 1.86 bits per heavy atom. The van der Waals surface area contributed by atoms with Gasteiger partial charge < -0.3 is 15.8 Å². The van der Waals surface area contributed by atoms with Crippen molar-refractivity contribution in [2.75, 3.05) is 17.7 Å². The van der Waals surface area contributed by atoms with Gasteiger partial charge in [-0.05, 0) is 49.2 Å². The zero-order valence-corrected chi connectivity index (χ0v) is 12.3. The summed E-state index contributed by atoms with van der Waals surface area (Å²) in [4.78, 5) is 12.0. The number of hydrogen-bond donors (Lipinski definition) is 2. The summed E-state index contributed by atoms with van der Waals surface area (Å²) >= 11 is 0. The Kier molecular flexibility index (Phi) is 4.82. The second kappa shape index (κ2) is 6.79. The second-order valence-corrected chi connectivity index (χ2v) is 4.70. The number of carbonyl (C=O) groups excluding carboxylic acids is 1. The van der Waals surface area contributed by atoms with Crippen molar-refractivity contribution < 1.29 is 9.53 Å². The predicted octanol–water partition coefficient (Wildman–Crippen LogP) is 3.75. The molecule has 0 radical (unpaired) electrons. The van der Waals surface area contributed by atoms with Crippen LogP contribution in [0.1, 0.15) is 29.8 Å². The minimum absolute atomic E-state index is 0.332. The van der Waals surface area contributed by atoms with Crippen LogP contribution in [0.2, 0.25) is 0 Å². The molecule has 0 aromatic heterocycles. The monoisotopic (exact) mass is 284 g/mol. The third-order valence-corrected chi connectivity index (χ3v) is 3.18. The summed E-state index contributed by atoms with van der Waals surface area (Å²) in [5, 5.41) is 3.23. The molecule has 21 heavy (non-hydrogen) atoms. The van der Waals surface area contributed by atoms with Crippen molar-refractivity contribution in [1.82, 2.24) is 0 Å². The number of nitrogens with two attached hydrogens (primary N) is 1. The van der Waals surface area contributed by atoms with E-state index in [-0.39, 0.29) is 5.97 Å². The molecule has 2 aromatic rings. The second-order valence-electron chi connectivity index (χ2n) is 4.70. The Morgan fingerprint density at radius 1 is 1.14 bits per heavy atom. The predicted molar refractivity (Wildman–Crippen MR) is 85.9 cm³/mol. The highest BCUT2D eigenvalue weighted by molar-refractivity contribution is 5.97. The standard InChI is InChI=1S/C17H20N2O2/c1-3-12-5-8-14(9-6-12)19-16-10-7-13(18)11-15(16)17(20)21-4-2/h5-11,19H,3-4,18H2,1-2H3. The van der Waals surface area contributed by atoms with Gasteiger partial charge in [0.25, 0.3) is 0 Å². The van der Waals surface area contributed by atoms with Gasteiger partial charge in [-0.3, -0.25) is 0 Å². The molecule has 0 saturated heterocycles. The summed E-state index contributed by atoms with van der Waals surface area (Å²) < 4.78 is 5.06. The molecule has 0 saturated carbocycles. The summed E-state index contributed by atoms with van der Waals surface area (Å²) in [7, 11) is 0. The average Bonchev–Trinajstić information content (AvgIpc) is 2.50. The molecule has 2 aromatic carbocycles. The van der Waals surface area contributed by atoms with Gasteiger partial charge in [-0.2, -0.15) is 0 Å².